The molecule has 12 heteroatoms. The average Bonchev–Trinajstić information content (AvgIpc) is 3.08. The Balaban J connectivity index is 1.55. The van der Waals surface area contributed by atoms with E-state index < -0.39 is 17.5 Å². The summed E-state index contributed by atoms with van der Waals surface area (Å²) in [6.07, 6.45) is 2.79. The van der Waals surface area contributed by atoms with Crippen molar-refractivity contribution in [2.75, 3.05) is 61.5 Å². The van der Waals surface area contributed by atoms with E-state index in [-0.39, 0.29) is 30.6 Å². The van der Waals surface area contributed by atoms with Crippen LogP contribution < -0.4 is 37.8 Å². The second-order valence-electron chi connectivity index (χ2n) is 12.7. The van der Waals surface area contributed by atoms with Gasteiger partial charge in [-0.15, -0.1) is 0 Å². The molecule has 0 radical (unpaired) electrons. The van der Waals surface area contributed by atoms with Gasteiger partial charge in [0.1, 0.15) is 11.6 Å². The van der Waals surface area contributed by atoms with E-state index >= 15 is 0 Å². The molecule has 1 unspecified atom stereocenters. The van der Waals surface area contributed by atoms with Gasteiger partial charge in [-0.05, 0) is 103 Å². The molecular formula is C38H46F2N8O2+2. The highest BCUT2D eigenvalue weighted by Gasteiger charge is 2.23. The fourth-order valence-electron chi connectivity index (χ4n) is 6.25. The van der Waals surface area contributed by atoms with Crippen LogP contribution in [0.4, 0.5) is 31.5 Å². The van der Waals surface area contributed by atoms with Crippen molar-refractivity contribution in [3.05, 3.63) is 106 Å². The van der Waals surface area contributed by atoms with Crippen LogP contribution in [0.25, 0.3) is 11.1 Å². The number of amidine groups is 1. The van der Waals surface area contributed by atoms with Gasteiger partial charge in [-0.2, -0.15) is 0 Å². The van der Waals surface area contributed by atoms with E-state index in [0.717, 1.165) is 49.9 Å². The maximum atomic E-state index is 14.2. The van der Waals surface area contributed by atoms with Gasteiger partial charge in [0, 0.05) is 62.0 Å². The molecule has 1 atom stereocenters. The van der Waals surface area contributed by atoms with Crippen molar-refractivity contribution in [3.8, 4) is 11.1 Å². The lowest BCUT2D eigenvalue weighted by Crippen LogP contribution is -2.79. The number of hydrogen-bond acceptors (Lipinski definition) is 7. The van der Waals surface area contributed by atoms with E-state index in [9.17, 15) is 18.7 Å². The zero-order valence-electron chi connectivity index (χ0n) is 28.5. The molecule has 0 bridgehead atoms. The summed E-state index contributed by atoms with van der Waals surface area (Å²) in [4.78, 5) is 21.3. The molecule has 11 N–H and O–H groups in total. The van der Waals surface area contributed by atoms with Crippen molar-refractivity contribution in [1.29, 1.82) is 0 Å². The number of nitrogens with two attached hydrogens (primary N) is 4. The monoisotopic (exact) mass is 684 g/mol. The van der Waals surface area contributed by atoms with E-state index in [1.165, 1.54) is 18.3 Å². The Hall–Kier alpha value is -5.33. The number of likely N-dealkylation sites (N-methyl/N-ethyl adjacent to an activating group) is 1. The molecular weight excluding hydrogens is 638 g/mol. The lowest BCUT2D eigenvalue weighted by molar-refractivity contribution is -0.345. The topological polar surface area (TPSA) is 173 Å². The maximum Gasteiger partial charge on any atom is 0.341 e. The van der Waals surface area contributed by atoms with Gasteiger partial charge in [0.25, 0.3) is 5.84 Å². The summed E-state index contributed by atoms with van der Waals surface area (Å²) in [5, 5.41) is 18.9. The minimum absolute atomic E-state index is 0.00788. The van der Waals surface area contributed by atoms with Gasteiger partial charge >= 0.3 is 5.91 Å². The van der Waals surface area contributed by atoms with Crippen LogP contribution in [0.5, 0.6) is 0 Å². The van der Waals surface area contributed by atoms with Crippen LogP contribution in [-0.4, -0.2) is 73.8 Å². The summed E-state index contributed by atoms with van der Waals surface area (Å²) in [5.74, 6) is -1.84. The standard InChI is InChI=1S/C38H44F2N8O2/c1-3-29(8-13-49)45-36-20-30(48-11-9-47(2)10-12-48)5-6-31(36)38(50)46-37(44)33-18-25(14-23-15-27(39)19-28(40)16-23)32(21-35(33)43)24-4-7-34(42)26(17-24)22-41/h4-7,15-22,29,41,45,49H,3,8-14,42-43H2,1-2H3,(H2,44,46,50)/p+2. The number of hydrogen-bond donors (Lipinski definition) is 7. The quantitative estimate of drug-likeness (QED) is 0.0669. The highest BCUT2D eigenvalue weighted by Crippen LogP contribution is 2.32. The third kappa shape index (κ3) is 8.44. The van der Waals surface area contributed by atoms with Gasteiger partial charge in [0.2, 0.25) is 0 Å². The van der Waals surface area contributed by atoms with Crippen LogP contribution >= 0.6 is 0 Å². The minimum atomic E-state index is -0.699. The second-order valence-corrected chi connectivity index (χ2v) is 12.7. The van der Waals surface area contributed by atoms with Gasteiger partial charge in [-0.1, -0.05) is 13.0 Å². The highest BCUT2D eigenvalue weighted by atomic mass is 19.1. The van der Waals surface area contributed by atoms with E-state index in [0.29, 0.717) is 51.2 Å². The Morgan fingerprint density at radius 3 is 2.36 bits per heavy atom. The molecule has 1 fully saturated rings. The van der Waals surface area contributed by atoms with Crippen LogP contribution in [0.15, 0.2) is 66.7 Å². The molecule has 1 heterocycles. The first-order valence-corrected chi connectivity index (χ1v) is 16.7. The maximum absolute atomic E-state index is 14.2. The molecule has 0 aliphatic carbocycles. The zero-order chi connectivity index (χ0) is 35.9. The Morgan fingerprint density at radius 1 is 0.980 bits per heavy atom. The normalized spacial score (nSPS) is 14.4. The summed E-state index contributed by atoms with van der Waals surface area (Å²) in [5.41, 5.74) is 25.4. The van der Waals surface area contributed by atoms with Crippen LogP contribution in [0, 0.1) is 11.6 Å². The molecule has 1 amide bonds. The zero-order valence-corrected chi connectivity index (χ0v) is 28.5. The third-order valence-corrected chi connectivity index (χ3v) is 9.15. The molecule has 1 aliphatic heterocycles. The molecule has 1 saturated heterocycles. The molecule has 262 valence electrons. The lowest BCUT2D eigenvalue weighted by Gasteiger charge is -2.34. The van der Waals surface area contributed by atoms with E-state index in [1.807, 2.05) is 25.1 Å². The van der Waals surface area contributed by atoms with Gasteiger partial charge in [0.05, 0.1) is 22.4 Å². The van der Waals surface area contributed by atoms with Gasteiger partial charge in [-0.3, -0.25) is 11.1 Å². The summed E-state index contributed by atoms with van der Waals surface area (Å²) < 4.78 is 28.4. The second kappa shape index (κ2) is 15.9. The first kappa shape index (κ1) is 36.0. The Kier molecular flexibility index (Phi) is 11.5. The predicted octanol–water partition coefficient (Wildman–Crippen LogP) is 1.52. The summed E-state index contributed by atoms with van der Waals surface area (Å²) in [6, 6.07) is 17.7. The lowest BCUT2D eigenvalue weighted by atomic mass is 9.91. The molecule has 4 aromatic carbocycles. The van der Waals surface area contributed by atoms with Crippen molar-refractivity contribution in [3.63, 3.8) is 0 Å². The number of piperazine rings is 1. The number of carbonyl (C=O) groups excluding carboxylic acids is 1. The smallest absolute Gasteiger partial charge is 0.341 e. The molecule has 5 rings (SSSR count). The molecule has 0 aromatic heterocycles. The number of anilines is 4. The number of nitrogens with zero attached hydrogens (tertiary/aromatic N) is 2. The Bertz CT molecular complexity index is 1890. The van der Waals surface area contributed by atoms with Gasteiger partial charge in [-0.25, -0.2) is 18.6 Å². The Morgan fingerprint density at radius 2 is 1.70 bits per heavy atom. The highest BCUT2D eigenvalue weighted by molar-refractivity contribution is 6.04. The fourth-order valence-corrected chi connectivity index (χ4v) is 6.25. The molecule has 0 spiro atoms. The first-order chi connectivity index (χ1) is 24.0. The number of aliphatic hydroxyl groups is 1. The number of rotatable bonds is 12. The van der Waals surface area contributed by atoms with Crippen molar-refractivity contribution < 1.29 is 29.1 Å². The SMILES string of the molecule is CCC(CCO)Nc1cc(N2CCN(C)CC2)ccc1C(=O)[NH+]=C(N)c1cc(Cc2cc(F)cc(F)c2)c(-c2ccc(N)c(C=[NH2+])c2)cc1N. The third-order valence-electron chi connectivity index (χ3n) is 9.15. The average molecular weight is 685 g/mol. The number of amides is 1. The largest absolute Gasteiger partial charge is 0.398 e. The molecule has 4 aromatic rings. The number of halogens is 2. The molecule has 50 heavy (non-hydrogen) atoms. The minimum Gasteiger partial charge on any atom is -0.398 e. The van der Waals surface area contributed by atoms with Crippen LogP contribution in [-0.2, 0) is 6.42 Å². The van der Waals surface area contributed by atoms with Crippen LogP contribution in [0.2, 0.25) is 0 Å². The van der Waals surface area contributed by atoms with Crippen molar-refractivity contribution in [1.82, 2.24) is 4.90 Å². The van der Waals surface area contributed by atoms with E-state index in [1.54, 1.807) is 30.3 Å². The number of nitrogen functional groups attached to an aromatic ring is 3. The number of aliphatic hydroxyl groups excluding tert-OH is 1. The summed E-state index contributed by atoms with van der Waals surface area (Å²) in [7, 11) is 2.10. The van der Waals surface area contributed by atoms with Crippen molar-refractivity contribution in [2.24, 2.45) is 5.73 Å². The first-order valence-electron chi connectivity index (χ1n) is 16.7. The Labute approximate surface area is 291 Å². The van der Waals surface area contributed by atoms with E-state index in [2.05, 4.69) is 27.2 Å². The molecule has 1 aliphatic rings. The van der Waals surface area contributed by atoms with Crippen LogP contribution in [0.3, 0.4) is 0 Å². The van der Waals surface area contributed by atoms with Gasteiger partial charge in [0.15, 0.2) is 6.21 Å². The number of benzene rings is 4. The number of nitrogens with one attached hydrogen (secondary N) is 2. The number of carbonyl (C=O) groups is 1. The van der Waals surface area contributed by atoms with Crippen molar-refractivity contribution in [2.45, 2.75) is 32.2 Å². The van der Waals surface area contributed by atoms with Crippen molar-refractivity contribution >= 4 is 40.7 Å². The van der Waals surface area contributed by atoms with E-state index in [4.69, 9.17) is 22.6 Å². The van der Waals surface area contributed by atoms with Gasteiger partial charge < -0.3 is 31.7 Å². The summed E-state index contributed by atoms with van der Waals surface area (Å²) >= 11 is 0. The fraction of sp³-hybridized carbons (Fsp3) is 0.289. The molecule has 0 saturated carbocycles. The van der Waals surface area contributed by atoms with Crippen LogP contribution in [0.1, 0.15) is 52.4 Å². The predicted molar refractivity (Wildman–Crippen MR) is 196 cm³/mol. The summed E-state index contributed by atoms with van der Waals surface area (Å²) in [6.45, 7) is 5.61. The molecule has 10 nitrogen and oxygen atoms in total.